The lowest BCUT2D eigenvalue weighted by atomic mass is 9.74. The van der Waals surface area contributed by atoms with Crippen molar-refractivity contribution in [1.82, 2.24) is 4.90 Å². The van der Waals surface area contributed by atoms with Crippen LogP contribution >= 0.6 is 0 Å². The van der Waals surface area contributed by atoms with Gasteiger partial charge in [-0.2, -0.15) is 0 Å². The van der Waals surface area contributed by atoms with Crippen LogP contribution in [0.2, 0.25) is 0 Å². The van der Waals surface area contributed by atoms with Crippen LogP contribution in [0.3, 0.4) is 0 Å². The van der Waals surface area contributed by atoms with Gasteiger partial charge in [-0.25, -0.2) is 4.79 Å². The summed E-state index contributed by atoms with van der Waals surface area (Å²) in [6.45, 7) is 3.60. The minimum absolute atomic E-state index is 0.0827. The molecular formula is C33H39NO7. The second-order valence-electron chi connectivity index (χ2n) is 10.5. The molecule has 3 aromatic carbocycles. The fraction of sp³-hybridized carbons (Fsp3) is 0.394. The predicted octanol–water partition coefficient (Wildman–Crippen LogP) is 5.05. The van der Waals surface area contributed by atoms with Crippen LogP contribution in [0.25, 0.3) is 0 Å². The average Bonchev–Trinajstić information content (AvgIpc) is 2.99. The topological polar surface area (TPSA) is 94.5 Å². The Morgan fingerprint density at radius 1 is 0.829 bits per heavy atom. The molecule has 1 N–H and O–H groups in total. The van der Waals surface area contributed by atoms with E-state index in [2.05, 4.69) is 0 Å². The van der Waals surface area contributed by atoms with E-state index >= 15 is 0 Å². The summed E-state index contributed by atoms with van der Waals surface area (Å²) in [6.07, 6.45) is -0.325. The Balaban J connectivity index is 1.52. The molecule has 3 aromatic rings. The highest BCUT2D eigenvalue weighted by atomic mass is 16.7. The standard InChI is InChI=1S/C33H39NO7/c1-22(20-35)31-30(23(2)41-33(37)40-21-26-8-6-5-7-9-26)32(36)34(31)27(18-24-10-14-28(38-3)15-11-24)19-25-12-16-29(39-4)17-13-25/h5-17,22-23,27,30-31,35H,18-21H2,1-4H3/t22-,23?,30?,31?/m0/s1. The van der Waals surface area contributed by atoms with Crippen molar-refractivity contribution in [2.45, 2.75) is 51.5 Å². The fourth-order valence-corrected chi connectivity index (χ4v) is 5.51. The number of benzene rings is 3. The maximum Gasteiger partial charge on any atom is 0.508 e. The van der Waals surface area contributed by atoms with Crippen LogP contribution in [0.15, 0.2) is 78.9 Å². The maximum atomic E-state index is 13.8. The first-order valence-corrected chi connectivity index (χ1v) is 13.9. The summed E-state index contributed by atoms with van der Waals surface area (Å²) in [5, 5.41) is 10.1. The molecule has 1 amide bonds. The van der Waals surface area contributed by atoms with Gasteiger partial charge in [-0.3, -0.25) is 4.79 Å². The van der Waals surface area contributed by atoms with Crippen molar-refractivity contribution in [3.05, 3.63) is 95.6 Å². The van der Waals surface area contributed by atoms with E-state index in [0.29, 0.717) is 12.8 Å². The Kier molecular flexibility index (Phi) is 10.2. The number of amides is 1. The molecular weight excluding hydrogens is 522 g/mol. The fourth-order valence-electron chi connectivity index (χ4n) is 5.51. The van der Waals surface area contributed by atoms with Gasteiger partial charge in [0.05, 0.1) is 26.2 Å². The molecule has 4 atom stereocenters. The number of rotatable bonds is 13. The van der Waals surface area contributed by atoms with Gasteiger partial charge >= 0.3 is 6.16 Å². The quantitative estimate of drug-likeness (QED) is 0.230. The lowest BCUT2D eigenvalue weighted by Crippen LogP contribution is -2.70. The van der Waals surface area contributed by atoms with Crippen LogP contribution in [0, 0.1) is 11.8 Å². The number of aliphatic hydroxyl groups is 1. The molecule has 0 bridgehead atoms. The van der Waals surface area contributed by atoms with E-state index in [-0.39, 0.29) is 37.1 Å². The minimum atomic E-state index is -0.823. The maximum absolute atomic E-state index is 13.8. The number of likely N-dealkylation sites (tertiary alicyclic amines) is 1. The monoisotopic (exact) mass is 561 g/mol. The summed E-state index contributed by atoms with van der Waals surface area (Å²) in [6, 6.07) is 24.5. The lowest BCUT2D eigenvalue weighted by molar-refractivity contribution is -0.176. The molecule has 41 heavy (non-hydrogen) atoms. The molecule has 8 nitrogen and oxygen atoms in total. The number of nitrogens with zero attached hydrogens (tertiary/aromatic N) is 1. The van der Waals surface area contributed by atoms with Gasteiger partial charge in [-0.1, -0.05) is 61.5 Å². The molecule has 0 aromatic heterocycles. The summed E-state index contributed by atoms with van der Waals surface area (Å²) < 4.78 is 21.5. The highest BCUT2D eigenvalue weighted by Gasteiger charge is 2.55. The predicted molar refractivity (Wildman–Crippen MR) is 155 cm³/mol. The van der Waals surface area contributed by atoms with E-state index < -0.39 is 18.2 Å². The van der Waals surface area contributed by atoms with Crippen molar-refractivity contribution in [2.75, 3.05) is 20.8 Å². The molecule has 0 spiro atoms. The van der Waals surface area contributed by atoms with Crippen molar-refractivity contribution in [1.29, 1.82) is 0 Å². The van der Waals surface area contributed by atoms with Crippen LogP contribution in [0.4, 0.5) is 4.79 Å². The largest absolute Gasteiger partial charge is 0.508 e. The molecule has 1 fully saturated rings. The zero-order valence-electron chi connectivity index (χ0n) is 24.1. The molecule has 1 aliphatic rings. The first kappa shape index (κ1) is 29.9. The van der Waals surface area contributed by atoms with E-state index in [1.54, 1.807) is 21.1 Å². The first-order chi connectivity index (χ1) is 19.8. The SMILES string of the molecule is COc1ccc(CC(Cc2ccc(OC)cc2)N2C(=O)C(C(C)OC(=O)OCc3ccccc3)C2[C@@H](C)CO)cc1. The summed E-state index contributed by atoms with van der Waals surface area (Å²) in [5.74, 6) is 0.606. The third-order valence-corrected chi connectivity index (χ3v) is 7.74. The Labute approximate surface area is 241 Å². The number of methoxy groups -OCH3 is 2. The average molecular weight is 562 g/mol. The highest BCUT2D eigenvalue weighted by molar-refractivity contribution is 5.87. The molecule has 4 rings (SSSR count). The molecule has 3 unspecified atom stereocenters. The Bertz CT molecular complexity index is 1210. The molecule has 0 aliphatic carbocycles. The number of carbonyl (C=O) groups excluding carboxylic acids is 2. The number of aliphatic hydroxyl groups excluding tert-OH is 1. The zero-order valence-corrected chi connectivity index (χ0v) is 24.1. The van der Waals surface area contributed by atoms with Crippen molar-refractivity contribution >= 4 is 12.1 Å². The lowest BCUT2D eigenvalue weighted by Gasteiger charge is -2.54. The van der Waals surface area contributed by atoms with Gasteiger partial charge in [-0.05, 0) is 60.7 Å². The molecule has 0 saturated carbocycles. The van der Waals surface area contributed by atoms with Gasteiger partial charge in [0.25, 0.3) is 0 Å². The van der Waals surface area contributed by atoms with Gasteiger partial charge in [0.1, 0.15) is 24.2 Å². The van der Waals surface area contributed by atoms with Gasteiger partial charge in [-0.15, -0.1) is 0 Å². The van der Waals surface area contributed by atoms with Crippen LogP contribution in [0.1, 0.15) is 30.5 Å². The normalized spacial score (nSPS) is 17.9. The number of carbonyl (C=O) groups is 2. The third-order valence-electron chi connectivity index (χ3n) is 7.74. The Morgan fingerprint density at radius 2 is 1.37 bits per heavy atom. The molecule has 1 saturated heterocycles. The van der Waals surface area contributed by atoms with Crippen molar-refractivity contribution in [3.63, 3.8) is 0 Å². The smallest absolute Gasteiger partial charge is 0.497 e. The van der Waals surface area contributed by atoms with E-state index in [4.69, 9.17) is 18.9 Å². The van der Waals surface area contributed by atoms with Gasteiger partial charge in [0.15, 0.2) is 0 Å². The molecule has 218 valence electrons. The minimum Gasteiger partial charge on any atom is -0.497 e. The highest BCUT2D eigenvalue weighted by Crippen LogP contribution is 2.39. The Morgan fingerprint density at radius 3 is 1.85 bits per heavy atom. The van der Waals surface area contributed by atoms with Crippen molar-refractivity contribution in [2.24, 2.45) is 11.8 Å². The number of hydrogen-bond acceptors (Lipinski definition) is 7. The molecule has 1 aliphatic heterocycles. The summed E-state index contributed by atoms with van der Waals surface area (Å²) in [4.78, 5) is 28.1. The van der Waals surface area contributed by atoms with Crippen LogP contribution < -0.4 is 9.47 Å². The van der Waals surface area contributed by atoms with E-state index in [1.165, 1.54) is 0 Å². The van der Waals surface area contributed by atoms with Gasteiger partial charge in [0.2, 0.25) is 5.91 Å². The summed E-state index contributed by atoms with van der Waals surface area (Å²) in [7, 11) is 3.25. The molecule has 8 heteroatoms. The van der Waals surface area contributed by atoms with E-state index in [0.717, 1.165) is 28.2 Å². The first-order valence-electron chi connectivity index (χ1n) is 13.9. The van der Waals surface area contributed by atoms with Crippen LogP contribution in [0.5, 0.6) is 11.5 Å². The van der Waals surface area contributed by atoms with E-state index in [1.807, 2.05) is 90.7 Å². The van der Waals surface area contributed by atoms with E-state index in [9.17, 15) is 14.7 Å². The van der Waals surface area contributed by atoms with Gasteiger partial charge < -0.3 is 29.0 Å². The van der Waals surface area contributed by atoms with Crippen molar-refractivity contribution in [3.8, 4) is 11.5 Å². The second-order valence-corrected chi connectivity index (χ2v) is 10.5. The summed E-state index contributed by atoms with van der Waals surface area (Å²) in [5.41, 5.74) is 2.96. The number of ether oxygens (including phenoxy) is 4. The number of β-lactam (4-membered cyclic amide) rings is 1. The van der Waals surface area contributed by atoms with Crippen molar-refractivity contribution < 1.29 is 33.6 Å². The zero-order chi connectivity index (χ0) is 29.4. The number of hydrogen-bond donors (Lipinski definition) is 1. The molecule has 1 heterocycles. The third kappa shape index (κ3) is 7.38. The second kappa shape index (κ2) is 14.0. The van der Waals surface area contributed by atoms with Crippen LogP contribution in [-0.4, -0.2) is 61.1 Å². The summed E-state index contributed by atoms with van der Waals surface area (Å²) >= 11 is 0. The van der Waals surface area contributed by atoms with Crippen LogP contribution in [-0.2, 0) is 33.7 Å². The Hall–Kier alpha value is -4.04. The van der Waals surface area contributed by atoms with Gasteiger partial charge in [0, 0.05) is 18.6 Å². The molecule has 0 radical (unpaired) electrons.